The molecule has 0 radical (unpaired) electrons. The van der Waals surface area contributed by atoms with Gasteiger partial charge in [0, 0.05) is 25.2 Å². The highest BCUT2D eigenvalue weighted by molar-refractivity contribution is 7.98. The first-order valence-electron chi connectivity index (χ1n) is 6.83. The van der Waals surface area contributed by atoms with E-state index in [1.807, 2.05) is 12.3 Å². The molecule has 6 heteroatoms. The van der Waals surface area contributed by atoms with Crippen molar-refractivity contribution in [1.82, 2.24) is 9.97 Å². The summed E-state index contributed by atoms with van der Waals surface area (Å²) in [6, 6.07) is 2.50. The standard InChI is InChI=1S/C13H22N4OS/c1-3-14-11-9-12(16-13(15-11)19-2)17(7-8-18)10-5-4-6-10/h9-10,18H,3-8H2,1-2H3,(H,14,15,16). The van der Waals surface area contributed by atoms with Crippen LogP contribution in [0.3, 0.4) is 0 Å². The van der Waals surface area contributed by atoms with Crippen LogP contribution in [0.15, 0.2) is 11.2 Å². The summed E-state index contributed by atoms with van der Waals surface area (Å²) in [5, 5.41) is 13.3. The van der Waals surface area contributed by atoms with Crippen LogP contribution in [-0.4, -0.2) is 47.1 Å². The number of aromatic nitrogens is 2. The summed E-state index contributed by atoms with van der Waals surface area (Å²) in [5.74, 6) is 1.79. The van der Waals surface area contributed by atoms with Crippen LogP contribution < -0.4 is 10.2 Å². The van der Waals surface area contributed by atoms with Crippen molar-refractivity contribution in [1.29, 1.82) is 0 Å². The van der Waals surface area contributed by atoms with Gasteiger partial charge in [0.25, 0.3) is 0 Å². The lowest BCUT2D eigenvalue weighted by atomic mass is 9.91. The van der Waals surface area contributed by atoms with Gasteiger partial charge in [-0.25, -0.2) is 9.97 Å². The Labute approximate surface area is 118 Å². The van der Waals surface area contributed by atoms with E-state index in [1.54, 1.807) is 11.8 Å². The molecule has 1 aromatic heterocycles. The van der Waals surface area contributed by atoms with Crippen LogP contribution in [0, 0.1) is 0 Å². The van der Waals surface area contributed by atoms with Gasteiger partial charge in [-0.15, -0.1) is 0 Å². The summed E-state index contributed by atoms with van der Waals surface area (Å²) in [6.45, 7) is 3.69. The van der Waals surface area contributed by atoms with Gasteiger partial charge in [0.05, 0.1) is 6.61 Å². The molecule has 1 aromatic rings. The van der Waals surface area contributed by atoms with Gasteiger partial charge < -0.3 is 15.3 Å². The minimum atomic E-state index is 0.158. The van der Waals surface area contributed by atoms with Gasteiger partial charge in [0.15, 0.2) is 5.16 Å². The molecule has 0 aliphatic heterocycles. The highest BCUT2D eigenvalue weighted by Gasteiger charge is 2.26. The second-order valence-electron chi connectivity index (χ2n) is 4.63. The Hall–Kier alpha value is -1.01. The third-order valence-electron chi connectivity index (χ3n) is 3.38. The average Bonchev–Trinajstić information content (AvgIpc) is 2.36. The molecule has 0 aromatic carbocycles. The second-order valence-corrected chi connectivity index (χ2v) is 5.40. The summed E-state index contributed by atoms with van der Waals surface area (Å²) < 4.78 is 0. The topological polar surface area (TPSA) is 61.3 Å². The van der Waals surface area contributed by atoms with Crippen molar-refractivity contribution in [3.05, 3.63) is 6.07 Å². The molecule has 0 saturated heterocycles. The summed E-state index contributed by atoms with van der Waals surface area (Å²) >= 11 is 1.54. The van der Waals surface area contributed by atoms with Gasteiger partial charge in [0.2, 0.25) is 0 Å². The molecule has 0 amide bonds. The van der Waals surface area contributed by atoms with Gasteiger partial charge in [0.1, 0.15) is 11.6 Å². The number of aliphatic hydroxyl groups is 1. The summed E-state index contributed by atoms with van der Waals surface area (Å²) in [4.78, 5) is 11.2. The molecular weight excluding hydrogens is 260 g/mol. The van der Waals surface area contributed by atoms with E-state index in [2.05, 4.69) is 27.1 Å². The lowest BCUT2D eigenvalue weighted by molar-refractivity contribution is 0.282. The maximum absolute atomic E-state index is 9.26. The first-order chi connectivity index (χ1) is 9.28. The van der Waals surface area contributed by atoms with E-state index in [9.17, 15) is 5.11 Å². The first-order valence-corrected chi connectivity index (χ1v) is 8.05. The summed E-state index contributed by atoms with van der Waals surface area (Å²) in [6.07, 6.45) is 5.63. The van der Waals surface area contributed by atoms with E-state index in [-0.39, 0.29) is 6.61 Å². The maximum atomic E-state index is 9.26. The molecule has 0 bridgehead atoms. The van der Waals surface area contributed by atoms with Crippen molar-refractivity contribution in [3.63, 3.8) is 0 Å². The van der Waals surface area contributed by atoms with Gasteiger partial charge >= 0.3 is 0 Å². The Morgan fingerprint density at radius 3 is 2.79 bits per heavy atom. The van der Waals surface area contributed by atoms with E-state index in [0.717, 1.165) is 23.3 Å². The fourth-order valence-corrected chi connectivity index (χ4v) is 2.59. The third-order valence-corrected chi connectivity index (χ3v) is 3.93. The smallest absolute Gasteiger partial charge is 0.191 e. The van der Waals surface area contributed by atoms with Crippen LogP contribution in [-0.2, 0) is 0 Å². The van der Waals surface area contributed by atoms with Gasteiger partial charge in [-0.2, -0.15) is 0 Å². The van der Waals surface area contributed by atoms with E-state index >= 15 is 0 Å². The fraction of sp³-hybridized carbons (Fsp3) is 0.692. The minimum Gasteiger partial charge on any atom is -0.395 e. The second kappa shape index (κ2) is 6.96. The molecule has 1 aliphatic carbocycles. The molecule has 2 rings (SSSR count). The Bertz CT molecular complexity index is 412. The van der Waals surface area contributed by atoms with Crippen molar-refractivity contribution < 1.29 is 5.11 Å². The molecule has 1 aliphatic rings. The monoisotopic (exact) mass is 282 g/mol. The number of aliphatic hydroxyl groups excluding tert-OH is 1. The molecule has 0 spiro atoms. The highest BCUT2D eigenvalue weighted by Crippen LogP contribution is 2.30. The van der Waals surface area contributed by atoms with Crippen molar-refractivity contribution >= 4 is 23.4 Å². The average molecular weight is 282 g/mol. The predicted octanol–water partition coefficient (Wildman–Crippen LogP) is 1.98. The third kappa shape index (κ3) is 3.51. The van der Waals surface area contributed by atoms with E-state index < -0.39 is 0 Å². The molecule has 1 heterocycles. The number of rotatable bonds is 7. The maximum Gasteiger partial charge on any atom is 0.191 e. The number of hydrogen-bond donors (Lipinski definition) is 2. The zero-order valence-corrected chi connectivity index (χ0v) is 12.4. The van der Waals surface area contributed by atoms with E-state index in [1.165, 1.54) is 19.3 Å². The quantitative estimate of drug-likeness (QED) is 0.589. The Morgan fingerprint density at radius 2 is 2.26 bits per heavy atom. The Balaban J connectivity index is 2.25. The van der Waals surface area contributed by atoms with Gasteiger partial charge in [-0.3, -0.25) is 0 Å². The molecule has 1 saturated carbocycles. The van der Waals surface area contributed by atoms with E-state index in [0.29, 0.717) is 12.6 Å². The fourth-order valence-electron chi connectivity index (χ4n) is 2.21. The molecule has 2 N–H and O–H groups in total. The highest BCUT2D eigenvalue weighted by atomic mass is 32.2. The lowest BCUT2D eigenvalue weighted by Crippen LogP contribution is -2.42. The molecule has 5 nitrogen and oxygen atoms in total. The molecule has 1 fully saturated rings. The van der Waals surface area contributed by atoms with Crippen molar-refractivity contribution in [2.75, 3.05) is 36.2 Å². The normalized spacial score (nSPS) is 15.1. The van der Waals surface area contributed by atoms with Crippen molar-refractivity contribution in [2.45, 2.75) is 37.4 Å². The number of nitrogens with zero attached hydrogens (tertiary/aromatic N) is 3. The largest absolute Gasteiger partial charge is 0.395 e. The summed E-state index contributed by atoms with van der Waals surface area (Å²) in [5.41, 5.74) is 0. The molecule has 19 heavy (non-hydrogen) atoms. The van der Waals surface area contributed by atoms with Crippen LogP contribution in [0.4, 0.5) is 11.6 Å². The lowest BCUT2D eigenvalue weighted by Gasteiger charge is -2.38. The van der Waals surface area contributed by atoms with Crippen molar-refractivity contribution in [3.8, 4) is 0 Å². The van der Waals surface area contributed by atoms with Crippen LogP contribution in [0.25, 0.3) is 0 Å². The molecular formula is C13H22N4OS. The Kier molecular flexibility index (Phi) is 5.27. The van der Waals surface area contributed by atoms with Gasteiger partial charge in [-0.05, 0) is 32.4 Å². The number of anilines is 2. The van der Waals surface area contributed by atoms with Crippen molar-refractivity contribution in [2.24, 2.45) is 0 Å². The molecule has 106 valence electrons. The molecule has 0 atom stereocenters. The zero-order valence-electron chi connectivity index (χ0n) is 11.6. The van der Waals surface area contributed by atoms with E-state index in [4.69, 9.17) is 0 Å². The summed E-state index contributed by atoms with van der Waals surface area (Å²) in [7, 11) is 0. The SMILES string of the molecule is CCNc1cc(N(CCO)C2CCC2)nc(SC)n1. The van der Waals surface area contributed by atoms with Crippen LogP contribution in [0.5, 0.6) is 0 Å². The zero-order chi connectivity index (χ0) is 13.7. The van der Waals surface area contributed by atoms with Crippen LogP contribution in [0.1, 0.15) is 26.2 Å². The predicted molar refractivity (Wildman–Crippen MR) is 80.0 cm³/mol. The Morgan fingerprint density at radius 1 is 1.47 bits per heavy atom. The van der Waals surface area contributed by atoms with Crippen LogP contribution in [0.2, 0.25) is 0 Å². The minimum absolute atomic E-state index is 0.158. The number of thioether (sulfide) groups is 1. The van der Waals surface area contributed by atoms with Crippen LogP contribution >= 0.6 is 11.8 Å². The molecule has 0 unspecified atom stereocenters. The first kappa shape index (κ1) is 14.4. The van der Waals surface area contributed by atoms with Gasteiger partial charge in [-0.1, -0.05) is 11.8 Å². The number of hydrogen-bond acceptors (Lipinski definition) is 6. The number of nitrogens with one attached hydrogen (secondary N) is 1.